The molecule has 2 unspecified atom stereocenters. The third-order valence-corrected chi connectivity index (χ3v) is 4.90. The maximum atomic E-state index is 11.9. The Morgan fingerprint density at radius 3 is 2.50 bits per heavy atom. The number of nitrogens with zero attached hydrogens (tertiary/aromatic N) is 1. The molecule has 0 radical (unpaired) electrons. The van der Waals surface area contributed by atoms with Gasteiger partial charge in [0.25, 0.3) is 5.91 Å². The number of alkyl halides is 1. The molecule has 0 fully saturated rings. The molecule has 6 heteroatoms. The summed E-state index contributed by atoms with van der Waals surface area (Å²) in [4.78, 5) is 14.1. The Labute approximate surface area is 142 Å². The average Bonchev–Trinajstić information content (AvgIpc) is 2.53. The van der Waals surface area contributed by atoms with Gasteiger partial charge in [-0.3, -0.25) is 4.79 Å². The lowest BCUT2D eigenvalue weighted by atomic mass is 10.2. The first-order valence-electron chi connectivity index (χ1n) is 7.54. The number of nitrogens with one attached hydrogen (secondary N) is 1. The first kappa shape index (κ1) is 19.3. The number of carbonyl (C=O) groups is 1. The number of amides is 1. The lowest BCUT2D eigenvalue weighted by Crippen LogP contribution is -2.35. The highest BCUT2D eigenvalue weighted by Crippen LogP contribution is 2.10. The van der Waals surface area contributed by atoms with Crippen LogP contribution in [0, 0.1) is 0 Å². The van der Waals surface area contributed by atoms with Gasteiger partial charge in [0.05, 0.1) is 6.10 Å². The van der Waals surface area contributed by atoms with Crippen molar-refractivity contribution in [2.24, 2.45) is 0 Å². The highest BCUT2D eigenvalue weighted by Gasteiger charge is 2.13. The first-order valence-corrected chi connectivity index (χ1v) is 9.14. The summed E-state index contributed by atoms with van der Waals surface area (Å²) in [5.41, 5.74) is 0.151. The van der Waals surface area contributed by atoms with Crippen molar-refractivity contribution >= 4 is 29.3 Å². The van der Waals surface area contributed by atoms with Crippen molar-refractivity contribution in [1.82, 2.24) is 10.2 Å². The smallest absolute Gasteiger partial charge is 0.252 e. The zero-order valence-corrected chi connectivity index (χ0v) is 14.7. The Hall–Kier alpha value is -0.750. The molecular formula is C16H25ClN2O2S. The number of benzene rings is 1. The predicted molar refractivity (Wildman–Crippen MR) is 94.7 cm³/mol. The van der Waals surface area contributed by atoms with E-state index in [0.717, 1.165) is 13.1 Å². The number of rotatable bonds is 10. The minimum Gasteiger partial charge on any atom is -0.391 e. The zero-order chi connectivity index (χ0) is 16.4. The normalized spacial score (nSPS) is 13.9. The molecule has 0 bridgehead atoms. The minimum absolute atomic E-state index is 0.176. The van der Waals surface area contributed by atoms with Crippen LogP contribution in [0.3, 0.4) is 0 Å². The van der Waals surface area contributed by atoms with Gasteiger partial charge in [-0.1, -0.05) is 43.6 Å². The standard InChI is InChI=1S/C16H25ClN2O2S/c1-3-19(4-2)10-14(20)11-22-12-15(17)18-16(21)13-8-6-5-7-9-13/h5-9,14-15,20H,3-4,10-12H2,1-2H3,(H,18,21). The SMILES string of the molecule is CCN(CC)CC(O)CSCC(Cl)NC(=O)c1ccccc1. The maximum Gasteiger partial charge on any atom is 0.252 e. The molecular weight excluding hydrogens is 320 g/mol. The third-order valence-electron chi connectivity index (χ3n) is 3.26. The van der Waals surface area contributed by atoms with E-state index in [-0.39, 0.29) is 12.0 Å². The Kier molecular flexibility index (Phi) is 9.55. The van der Waals surface area contributed by atoms with Gasteiger partial charge in [0.15, 0.2) is 0 Å². The molecule has 0 saturated carbocycles. The molecule has 0 heterocycles. The third kappa shape index (κ3) is 7.49. The quantitative estimate of drug-likeness (QED) is 0.505. The molecule has 1 aromatic rings. The number of hydrogen-bond donors (Lipinski definition) is 2. The molecule has 22 heavy (non-hydrogen) atoms. The second-order valence-corrected chi connectivity index (χ2v) is 6.59. The van der Waals surface area contributed by atoms with Crippen molar-refractivity contribution in [1.29, 1.82) is 0 Å². The highest BCUT2D eigenvalue weighted by molar-refractivity contribution is 7.99. The van der Waals surface area contributed by atoms with E-state index in [4.69, 9.17) is 11.6 Å². The topological polar surface area (TPSA) is 52.6 Å². The number of carbonyl (C=O) groups excluding carboxylic acids is 1. The van der Waals surface area contributed by atoms with E-state index in [0.29, 0.717) is 23.6 Å². The summed E-state index contributed by atoms with van der Waals surface area (Å²) in [6.07, 6.45) is -0.376. The molecule has 4 nitrogen and oxygen atoms in total. The molecule has 0 aliphatic rings. The van der Waals surface area contributed by atoms with Crippen molar-refractivity contribution in [3.05, 3.63) is 35.9 Å². The molecule has 1 rings (SSSR count). The first-order chi connectivity index (χ1) is 10.6. The van der Waals surface area contributed by atoms with E-state index >= 15 is 0 Å². The van der Waals surface area contributed by atoms with Gasteiger partial charge in [-0.25, -0.2) is 0 Å². The summed E-state index contributed by atoms with van der Waals surface area (Å²) in [5, 5.41) is 12.7. The fraction of sp³-hybridized carbons (Fsp3) is 0.562. The Morgan fingerprint density at radius 2 is 1.91 bits per heavy atom. The second-order valence-electron chi connectivity index (χ2n) is 4.98. The number of halogens is 1. The van der Waals surface area contributed by atoms with Crippen LogP contribution in [0.25, 0.3) is 0 Å². The molecule has 2 atom stereocenters. The van der Waals surface area contributed by atoms with E-state index in [1.165, 1.54) is 0 Å². The van der Waals surface area contributed by atoms with Crippen molar-refractivity contribution in [3.63, 3.8) is 0 Å². The van der Waals surface area contributed by atoms with Gasteiger partial charge in [0.2, 0.25) is 0 Å². The fourth-order valence-electron chi connectivity index (χ4n) is 2.00. The molecule has 2 N–H and O–H groups in total. The number of thioether (sulfide) groups is 1. The number of likely N-dealkylation sites (N-methyl/N-ethyl adjacent to an activating group) is 1. The van der Waals surface area contributed by atoms with Gasteiger partial charge in [-0.05, 0) is 25.2 Å². The monoisotopic (exact) mass is 344 g/mol. The van der Waals surface area contributed by atoms with E-state index in [1.54, 1.807) is 23.9 Å². The van der Waals surface area contributed by atoms with Crippen LogP contribution in [-0.4, -0.2) is 58.7 Å². The molecule has 0 saturated heterocycles. The van der Waals surface area contributed by atoms with Gasteiger partial charge in [-0.2, -0.15) is 11.8 Å². The Bertz CT molecular complexity index is 429. The van der Waals surface area contributed by atoms with Crippen molar-refractivity contribution < 1.29 is 9.90 Å². The van der Waals surface area contributed by atoms with Crippen LogP contribution in [0.15, 0.2) is 30.3 Å². The molecule has 0 aliphatic carbocycles. The number of hydrogen-bond acceptors (Lipinski definition) is 4. The summed E-state index contributed by atoms with van der Waals surface area (Å²) in [5.74, 6) is 1.00. The van der Waals surface area contributed by atoms with Gasteiger partial charge in [-0.15, -0.1) is 0 Å². The maximum absolute atomic E-state index is 11.9. The lowest BCUT2D eigenvalue weighted by molar-refractivity contribution is 0.0951. The van der Waals surface area contributed by atoms with Crippen LogP contribution in [0.1, 0.15) is 24.2 Å². The highest BCUT2D eigenvalue weighted by atomic mass is 35.5. The predicted octanol–water partition coefficient (Wildman–Crippen LogP) is 2.42. The van der Waals surface area contributed by atoms with Crippen LogP contribution in [-0.2, 0) is 0 Å². The zero-order valence-electron chi connectivity index (χ0n) is 13.2. The Morgan fingerprint density at radius 1 is 1.27 bits per heavy atom. The minimum atomic E-state index is -0.446. The summed E-state index contributed by atoms with van der Waals surface area (Å²) in [6, 6.07) is 8.99. The summed E-state index contributed by atoms with van der Waals surface area (Å²) >= 11 is 7.67. The van der Waals surface area contributed by atoms with Crippen LogP contribution in [0.4, 0.5) is 0 Å². The van der Waals surface area contributed by atoms with Crippen LogP contribution in [0.2, 0.25) is 0 Å². The van der Waals surface area contributed by atoms with Gasteiger partial charge in [0, 0.05) is 23.6 Å². The van der Waals surface area contributed by atoms with Crippen LogP contribution >= 0.6 is 23.4 Å². The number of aliphatic hydroxyl groups excluding tert-OH is 1. The van der Waals surface area contributed by atoms with E-state index < -0.39 is 5.50 Å². The van der Waals surface area contributed by atoms with Crippen molar-refractivity contribution in [3.8, 4) is 0 Å². The summed E-state index contributed by atoms with van der Waals surface area (Å²) in [7, 11) is 0. The van der Waals surface area contributed by atoms with Gasteiger partial charge in [0.1, 0.15) is 5.50 Å². The molecule has 1 aromatic carbocycles. The Balaban J connectivity index is 2.23. The van der Waals surface area contributed by atoms with E-state index in [2.05, 4.69) is 24.1 Å². The molecule has 124 valence electrons. The fourth-order valence-corrected chi connectivity index (χ4v) is 3.17. The summed E-state index contributed by atoms with van der Waals surface area (Å²) < 4.78 is 0. The van der Waals surface area contributed by atoms with Crippen molar-refractivity contribution in [2.45, 2.75) is 25.5 Å². The van der Waals surface area contributed by atoms with Crippen molar-refractivity contribution in [2.75, 3.05) is 31.1 Å². The van der Waals surface area contributed by atoms with Crippen LogP contribution in [0.5, 0.6) is 0 Å². The van der Waals surface area contributed by atoms with Crippen LogP contribution < -0.4 is 5.32 Å². The lowest BCUT2D eigenvalue weighted by Gasteiger charge is -2.21. The van der Waals surface area contributed by atoms with Gasteiger partial charge >= 0.3 is 0 Å². The number of aliphatic hydroxyl groups is 1. The second kappa shape index (κ2) is 10.9. The largest absolute Gasteiger partial charge is 0.391 e. The molecule has 0 aliphatic heterocycles. The molecule has 1 amide bonds. The molecule has 0 spiro atoms. The van der Waals surface area contributed by atoms with E-state index in [9.17, 15) is 9.90 Å². The molecule has 0 aromatic heterocycles. The average molecular weight is 345 g/mol. The summed E-state index contributed by atoms with van der Waals surface area (Å²) in [6.45, 7) is 6.70. The van der Waals surface area contributed by atoms with E-state index in [1.807, 2.05) is 18.2 Å². The van der Waals surface area contributed by atoms with Gasteiger partial charge < -0.3 is 15.3 Å².